The first-order valence-corrected chi connectivity index (χ1v) is 9.19. The minimum absolute atomic E-state index is 0.0415. The van der Waals surface area contributed by atoms with Crippen LogP contribution in [0.25, 0.3) is 11.1 Å². The number of pyridine rings is 2. The number of carbonyl (C=O) groups excluding carboxylic acids is 2. The average molecular weight is 372 g/mol. The second-order valence-corrected chi connectivity index (χ2v) is 6.92. The molecule has 0 atom stereocenters. The zero-order chi connectivity index (χ0) is 19.5. The molecule has 2 heterocycles. The molecule has 2 amide bonds. The van der Waals surface area contributed by atoms with E-state index in [0.717, 1.165) is 29.5 Å². The Morgan fingerprint density at radius 2 is 1.86 bits per heavy atom. The summed E-state index contributed by atoms with van der Waals surface area (Å²) in [5, 5.41) is 5.62. The molecular weight excluding hydrogens is 352 g/mol. The van der Waals surface area contributed by atoms with Crippen molar-refractivity contribution in [2.75, 3.05) is 10.6 Å². The van der Waals surface area contributed by atoms with E-state index in [2.05, 4.69) is 20.6 Å². The molecule has 1 fully saturated rings. The van der Waals surface area contributed by atoms with Crippen LogP contribution in [0.5, 0.6) is 0 Å². The van der Waals surface area contributed by atoms with E-state index in [1.165, 1.54) is 6.20 Å². The number of benzene rings is 1. The number of amides is 2. The molecule has 140 valence electrons. The van der Waals surface area contributed by atoms with Crippen molar-refractivity contribution in [2.24, 2.45) is 5.92 Å². The fourth-order valence-electron chi connectivity index (χ4n) is 2.97. The summed E-state index contributed by atoms with van der Waals surface area (Å²) >= 11 is 0. The number of anilines is 2. The average Bonchev–Trinajstić information content (AvgIpc) is 3.54. The summed E-state index contributed by atoms with van der Waals surface area (Å²) in [4.78, 5) is 32.9. The normalized spacial score (nSPS) is 13.0. The Morgan fingerprint density at radius 3 is 2.64 bits per heavy atom. The molecule has 28 heavy (non-hydrogen) atoms. The van der Waals surface area contributed by atoms with Crippen LogP contribution < -0.4 is 10.6 Å². The lowest BCUT2D eigenvalue weighted by atomic mass is 10.0. The van der Waals surface area contributed by atoms with E-state index in [9.17, 15) is 9.59 Å². The molecule has 1 aliphatic rings. The van der Waals surface area contributed by atoms with Crippen LogP contribution in [0.15, 0.2) is 61.1 Å². The summed E-state index contributed by atoms with van der Waals surface area (Å²) in [6, 6.07) is 13.1. The van der Waals surface area contributed by atoms with Gasteiger partial charge in [-0.3, -0.25) is 14.6 Å². The molecule has 2 N–H and O–H groups in total. The molecule has 4 rings (SSSR count). The van der Waals surface area contributed by atoms with Gasteiger partial charge in [0.15, 0.2) is 0 Å². The number of hydrogen-bond acceptors (Lipinski definition) is 4. The highest BCUT2D eigenvalue weighted by molar-refractivity contribution is 6.05. The predicted octanol–water partition coefficient (Wildman–Crippen LogP) is 4.05. The van der Waals surface area contributed by atoms with Crippen molar-refractivity contribution in [3.8, 4) is 11.1 Å². The summed E-state index contributed by atoms with van der Waals surface area (Å²) in [7, 11) is 0. The monoisotopic (exact) mass is 372 g/mol. The molecule has 1 aromatic carbocycles. The van der Waals surface area contributed by atoms with Gasteiger partial charge in [0.25, 0.3) is 5.91 Å². The van der Waals surface area contributed by atoms with Crippen LogP contribution in [-0.4, -0.2) is 21.8 Å². The summed E-state index contributed by atoms with van der Waals surface area (Å²) in [5.74, 6) is 0.138. The number of aromatic nitrogens is 2. The molecule has 0 aliphatic heterocycles. The van der Waals surface area contributed by atoms with Crippen molar-refractivity contribution < 1.29 is 9.59 Å². The predicted molar refractivity (Wildman–Crippen MR) is 108 cm³/mol. The Bertz CT molecular complexity index is 1040. The number of nitrogens with one attached hydrogen (secondary N) is 2. The van der Waals surface area contributed by atoms with E-state index in [-0.39, 0.29) is 17.7 Å². The standard InChI is InChI=1S/C22H20N4O2/c1-14-4-2-3-5-19(14)17-10-18(13-23-12-17)25-22(28)16-8-9-24-20(11-16)26-21(27)15-6-7-15/h2-5,8-13,15H,6-7H2,1H3,(H,25,28)(H,24,26,27). The molecule has 0 bridgehead atoms. The summed E-state index contributed by atoms with van der Waals surface area (Å²) in [5.41, 5.74) is 4.16. The minimum Gasteiger partial charge on any atom is -0.321 e. The summed E-state index contributed by atoms with van der Waals surface area (Å²) < 4.78 is 0. The van der Waals surface area contributed by atoms with Gasteiger partial charge in [0.1, 0.15) is 5.82 Å². The fraction of sp³-hybridized carbons (Fsp3) is 0.182. The van der Waals surface area contributed by atoms with E-state index in [0.29, 0.717) is 17.1 Å². The molecular formula is C22H20N4O2. The van der Waals surface area contributed by atoms with Gasteiger partial charge in [-0.25, -0.2) is 4.98 Å². The second kappa shape index (κ2) is 7.60. The van der Waals surface area contributed by atoms with Crippen molar-refractivity contribution in [1.82, 2.24) is 9.97 Å². The summed E-state index contributed by atoms with van der Waals surface area (Å²) in [6.07, 6.45) is 6.72. The van der Waals surface area contributed by atoms with Crippen molar-refractivity contribution in [3.05, 3.63) is 72.2 Å². The zero-order valence-corrected chi connectivity index (χ0v) is 15.5. The molecule has 6 heteroatoms. The Labute approximate surface area is 163 Å². The summed E-state index contributed by atoms with van der Waals surface area (Å²) in [6.45, 7) is 2.04. The topological polar surface area (TPSA) is 84.0 Å². The molecule has 0 saturated heterocycles. The minimum atomic E-state index is -0.284. The lowest BCUT2D eigenvalue weighted by Crippen LogP contribution is -2.16. The Morgan fingerprint density at radius 1 is 1.04 bits per heavy atom. The zero-order valence-electron chi connectivity index (χ0n) is 15.5. The van der Waals surface area contributed by atoms with Gasteiger partial charge in [0, 0.05) is 29.4 Å². The third-order valence-electron chi connectivity index (χ3n) is 4.67. The second-order valence-electron chi connectivity index (χ2n) is 6.92. The van der Waals surface area contributed by atoms with Crippen LogP contribution in [0.1, 0.15) is 28.8 Å². The van der Waals surface area contributed by atoms with Crippen LogP contribution in [0.3, 0.4) is 0 Å². The molecule has 2 aromatic heterocycles. The highest BCUT2D eigenvalue weighted by atomic mass is 16.2. The lowest BCUT2D eigenvalue weighted by Gasteiger charge is -2.10. The van der Waals surface area contributed by atoms with Gasteiger partial charge < -0.3 is 10.6 Å². The fourth-order valence-corrected chi connectivity index (χ4v) is 2.97. The molecule has 0 spiro atoms. The first kappa shape index (κ1) is 17.9. The van der Waals surface area contributed by atoms with Crippen LogP contribution in [-0.2, 0) is 4.79 Å². The molecule has 0 radical (unpaired) electrons. The molecule has 6 nitrogen and oxygen atoms in total. The van der Waals surface area contributed by atoms with E-state index in [1.54, 1.807) is 24.5 Å². The largest absolute Gasteiger partial charge is 0.321 e. The van der Waals surface area contributed by atoms with Gasteiger partial charge in [-0.05, 0) is 49.1 Å². The maximum absolute atomic E-state index is 12.6. The SMILES string of the molecule is Cc1ccccc1-c1cncc(NC(=O)c2ccnc(NC(=O)C3CC3)c2)c1. The smallest absolute Gasteiger partial charge is 0.255 e. The molecule has 1 aliphatic carbocycles. The highest BCUT2D eigenvalue weighted by Gasteiger charge is 2.29. The maximum Gasteiger partial charge on any atom is 0.255 e. The van der Waals surface area contributed by atoms with Crippen molar-refractivity contribution in [2.45, 2.75) is 19.8 Å². The number of carbonyl (C=O) groups is 2. The Hall–Kier alpha value is -3.54. The first-order valence-electron chi connectivity index (χ1n) is 9.19. The third-order valence-corrected chi connectivity index (χ3v) is 4.67. The van der Waals surface area contributed by atoms with Crippen LogP contribution in [0, 0.1) is 12.8 Å². The van der Waals surface area contributed by atoms with Crippen LogP contribution in [0.4, 0.5) is 11.5 Å². The van der Waals surface area contributed by atoms with Gasteiger partial charge in [-0.2, -0.15) is 0 Å². The van der Waals surface area contributed by atoms with E-state index < -0.39 is 0 Å². The molecule has 1 saturated carbocycles. The van der Waals surface area contributed by atoms with Gasteiger partial charge in [0.05, 0.1) is 11.9 Å². The van der Waals surface area contributed by atoms with Gasteiger partial charge in [-0.1, -0.05) is 24.3 Å². The van der Waals surface area contributed by atoms with E-state index in [4.69, 9.17) is 0 Å². The van der Waals surface area contributed by atoms with E-state index >= 15 is 0 Å². The highest BCUT2D eigenvalue weighted by Crippen LogP contribution is 2.30. The van der Waals surface area contributed by atoms with Crippen LogP contribution >= 0.6 is 0 Å². The van der Waals surface area contributed by atoms with Crippen LogP contribution in [0.2, 0.25) is 0 Å². The van der Waals surface area contributed by atoms with Crippen molar-refractivity contribution in [3.63, 3.8) is 0 Å². The molecule has 3 aromatic rings. The van der Waals surface area contributed by atoms with Gasteiger partial charge >= 0.3 is 0 Å². The van der Waals surface area contributed by atoms with E-state index in [1.807, 2.05) is 37.3 Å². The van der Waals surface area contributed by atoms with Crippen molar-refractivity contribution >= 4 is 23.3 Å². The molecule has 0 unspecified atom stereocenters. The Kier molecular flexibility index (Phi) is 4.85. The maximum atomic E-state index is 12.6. The van der Waals surface area contributed by atoms with Gasteiger partial charge in [-0.15, -0.1) is 0 Å². The number of aryl methyl sites for hydroxylation is 1. The Balaban J connectivity index is 1.50. The number of hydrogen-bond donors (Lipinski definition) is 2. The van der Waals surface area contributed by atoms with Gasteiger partial charge in [0.2, 0.25) is 5.91 Å². The number of nitrogens with zero attached hydrogens (tertiary/aromatic N) is 2. The quantitative estimate of drug-likeness (QED) is 0.708. The third kappa shape index (κ3) is 4.06. The first-order chi connectivity index (χ1) is 13.6. The van der Waals surface area contributed by atoms with Crippen molar-refractivity contribution in [1.29, 1.82) is 0 Å². The number of rotatable bonds is 5. The lowest BCUT2D eigenvalue weighted by molar-refractivity contribution is -0.117.